The van der Waals surface area contributed by atoms with Crippen LogP contribution in [0.15, 0.2) is 22.8 Å². The fourth-order valence-electron chi connectivity index (χ4n) is 2.96. The Hall–Kier alpha value is -1.27. The highest BCUT2D eigenvalue weighted by molar-refractivity contribution is 9.10. The Bertz CT molecular complexity index is 643. The minimum Gasteiger partial charge on any atom is -0.343 e. The average molecular weight is 303 g/mol. The minimum absolute atomic E-state index is 0.631. The molecule has 0 unspecified atom stereocenters. The quantitative estimate of drug-likeness (QED) is 0.750. The Morgan fingerprint density at radius 1 is 1.33 bits per heavy atom. The molecule has 0 spiro atoms. The summed E-state index contributed by atoms with van der Waals surface area (Å²) in [6.45, 7) is 2.01. The van der Waals surface area contributed by atoms with E-state index in [4.69, 9.17) is 5.26 Å². The normalized spacial score (nSPS) is 16.3. The molecular formula is C15H15BrN2. The number of hydrogen-bond donors (Lipinski definition) is 0. The standard InChI is InChI=1S/C15H15BrN2/c1-10-6-15-13(7-11(10)8-17)14(16)9-18(15)12-4-2-3-5-12/h6-7,9,12H,2-5H2,1H3. The van der Waals surface area contributed by atoms with Crippen molar-refractivity contribution in [3.8, 4) is 6.07 Å². The number of nitriles is 1. The first-order valence-corrected chi connectivity index (χ1v) is 7.21. The molecule has 1 aliphatic rings. The van der Waals surface area contributed by atoms with Crippen LogP contribution in [0.3, 0.4) is 0 Å². The summed E-state index contributed by atoms with van der Waals surface area (Å²) >= 11 is 3.62. The van der Waals surface area contributed by atoms with Crippen molar-refractivity contribution in [2.24, 2.45) is 0 Å². The third kappa shape index (κ3) is 1.76. The van der Waals surface area contributed by atoms with Crippen LogP contribution < -0.4 is 0 Å². The zero-order chi connectivity index (χ0) is 12.7. The summed E-state index contributed by atoms with van der Waals surface area (Å²) in [6.07, 6.45) is 7.39. The van der Waals surface area contributed by atoms with Gasteiger partial charge in [0.25, 0.3) is 0 Å². The number of hydrogen-bond acceptors (Lipinski definition) is 1. The van der Waals surface area contributed by atoms with Gasteiger partial charge < -0.3 is 4.57 Å². The lowest BCUT2D eigenvalue weighted by molar-refractivity contribution is 0.535. The SMILES string of the molecule is Cc1cc2c(cc1C#N)c(Br)cn2C1CCCC1. The van der Waals surface area contributed by atoms with Crippen LogP contribution in [0.25, 0.3) is 10.9 Å². The van der Waals surface area contributed by atoms with Crippen molar-refractivity contribution in [3.05, 3.63) is 33.9 Å². The highest BCUT2D eigenvalue weighted by Gasteiger charge is 2.20. The summed E-state index contributed by atoms with van der Waals surface area (Å²) < 4.78 is 3.49. The maximum atomic E-state index is 9.12. The van der Waals surface area contributed by atoms with E-state index in [0.29, 0.717) is 6.04 Å². The van der Waals surface area contributed by atoms with Gasteiger partial charge in [-0.25, -0.2) is 0 Å². The fraction of sp³-hybridized carbons (Fsp3) is 0.400. The van der Waals surface area contributed by atoms with Crippen molar-refractivity contribution < 1.29 is 0 Å². The number of aryl methyl sites for hydroxylation is 1. The van der Waals surface area contributed by atoms with Gasteiger partial charge in [0.2, 0.25) is 0 Å². The Morgan fingerprint density at radius 2 is 2.06 bits per heavy atom. The Balaban J connectivity index is 2.22. The molecule has 0 atom stereocenters. The van der Waals surface area contributed by atoms with Gasteiger partial charge in [-0.15, -0.1) is 0 Å². The highest BCUT2D eigenvalue weighted by Crippen LogP contribution is 2.36. The minimum atomic E-state index is 0.631. The molecule has 0 aliphatic heterocycles. The highest BCUT2D eigenvalue weighted by atomic mass is 79.9. The van der Waals surface area contributed by atoms with E-state index in [0.717, 1.165) is 21.0 Å². The van der Waals surface area contributed by atoms with Crippen LogP contribution in [0.5, 0.6) is 0 Å². The largest absolute Gasteiger partial charge is 0.343 e. The lowest BCUT2D eigenvalue weighted by atomic mass is 10.1. The first kappa shape index (κ1) is 11.8. The van der Waals surface area contributed by atoms with E-state index in [2.05, 4.69) is 38.8 Å². The van der Waals surface area contributed by atoms with Crippen LogP contribution in [-0.4, -0.2) is 4.57 Å². The molecule has 0 amide bonds. The number of fused-ring (bicyclic) bond motifs is 1. The molecule has 0 N–H and O–H groups in total. The molecule has 1 aromatic heterocycles. The average Bonchev–Trinajstić information content (AvgIpc) is 2.97. The molecule has 1 aromatic carbocycles. The van der Waals surface area contributed by atoms with Gasteiger partial charge in [0.15, 0.2) is 0 Å². The van der Waals surface area contributed by atoms with Gasteiger partial charge in [-0.1, -0.05) is 12.8 Å². The third-order valence-corrected chi connectivity index (χ3v) is 4.60. The third-order valence-electron chi connectivity index (χ3n) is 3.97. The summed E-state index contributed by atoms with van der Waals surface area (Å²) in [5.74, 6) is 0. The molecule has 2 aromatic rings. The molecule has 1 saturated carbocycles. The smallest absolute Gasteiger partial charge is 0.0994 e. The van der Waals surface area contributed by atoms with Crippen molar-refractivity contribution in [1.82, 2.24) is 4.57 Å². The van der Waals surface area contributed by atoms with Crippen molar-refractivity contribution in [1.29, 1.82) is 5.26 Å². The number of halogens is 1. The maximum Gasteiger partial charge on any atom is 0.0994 e. The van der Waals surface area contributed by atoms with Crippen LogP contribution in [-0.2, 0) is 0 Å². The van der Waals surface area contributed by atoms with Crippen LogP contribution in [0.4, 0.5) is 0 Å². The number of benzene rings is 1. The van der Waals surface area contributed by atoms with E-state index in [-0.39, 0.29) is 0 Å². The Morgan fingerprint density at radius 3 is 2.72 bits per heavy atom. The molecule has 92 valence electrons. The second-order valence-corrected chi connectivity index (χ2v) is 5.97. The topological polar surface area (TPSA) is 28.7 Å². The summed E-state index contributed by atoms with van der Waals surface area (Å²) in [7, 11) is 0. The van der Waals surface area contributed by atoms with Crippen LogP contribution in [0, 0.1) is 18.3 Å². The first-order valence-electron chi connectivity index (χ1n) is 6.41. The van der Waals surface area contributed by atoms with Crippen molar-refractivity contribution in [3.63, 3.8) is 0 Å². The van der Waals surface area contributed by atoms with Gasteiger partial charge in [-0.2, -0.15) is 5.26 Å². The molecule has 0 radical (unpaired) electrons. The molecule has 0 bridgehead atoms. The van der Waals surface area contributed by atoms with Gasteiger partial charge in [-0.05, 0) is 53.4 Å². The number of rotatable bonds is 1. The monoisotopic (exact) mass is 302 g/mol. The predicted octanol–water partition coefficient (Wildman–Crippen LogP) is 4.70. The molecule has 1 heterocycles. The second-order valence-electron chi connectivity index (χ2n) is 5.12. The molecule has 1 aliphatic carbocycles. The fourth-order valence-corrected chi connectivity index (χ4v) is 3.50. The lowest BCUT2D eigenvalue weighted by Gasteiger charge is -2.13. The van der Waals surface area contributed by atoms with E-state index in [1.165, 1.54) is 31.2 Å². The van der Waals surface area contributed by atoms with Crippen LogP contribution >= 0.6 is 15.9 Å². The molecule has 1 fully saturated rings. The molecule has 18 heavy (non-hydrogen) atoms. The van der Waals surface area contributed by atoms with E-state index in [1.54, 1.807) is 0 Å². The molecule has 2 nitrogen and oxygen atoms in total. The summed E-state index contributed by atoms with van der Waals surface area (Å²) in [5, 5.41) is 10.3. The van der Waals surface area contributed by atoms with Crippen molar-refractivity contribution in [2.75, 3.05) is 0 Å². The van der Waals surface area contributed by atoms with Crippen molar-refractivity contribution >= 4 is 26.8 Å². The van der Waals surface area contributed by atoms with Crippen molar-refractivity contribution in [2.45, 2.75) is 38.6 Å². The van der Waals surface area contributed by atoms with Gasteiger partial charge >= 0.3 is 0 Å². The zero-order valence-corrected chi connectivity index (χ0v) is 12.0. The van der Waals surface area contributed by atoms with E-state index in [1.807, 2.05) is 13.0 Å². The molecule has 3 rings (SSSR count). The molecule has 3 heteroatoms. The van der Waals surface area contributed by atoms with Crippen LogP contribution in [0.1, 0.15) is 42.9 Å². The molecule has 0 saturated heterocycles. The number of nitrogens with zero attached hydrogens (tertiary/aromatic N) is 2. The van der Waals surface area contributed by atoms with E-state index in [9.17, 15) is 0 Å². The number of aromatic nitrogens is 1. The van der Waals surface area contributed by atoms with Crippen LogP contribution in [0.2, 0.25) is 0 Å². The summed E-state index contributed by atoms with van der Waals surface area (Å²) in [5.41, 5.74) is 3.09. The second kappa shape index (κ2) is 4.44. The van der Waals surface area contributed by atoms with E-state index >= 15 is 0 Å². The van der Waals surface area contributed by atoms with Gasteiger partial charge in [0.1, 0.15) is 0 Å². The Labute approximate surface area is 115 Å². The summed E-state index contributed by atoms with van der Waals surface area (Å²) in [6, 6.07) is 7.04. The van der Waals surface area contributed by atoms with Gasteiger partial charge in [-0.3, -0.25) is 0 Å². The zero-order valence-electron chi connectivity index (χ0n) is 10.4. The van der Waals surface area contributed by atoms with Gasteiger partial charge in [0.05, 0.1) is 11.6 Å². The van der Waals surface area contributed by atoms with E-state index < -0.39 is 0 Å². The first-order chi connectivity index (χ1) is 8.70. The lowest BCUT2D eigenvalue weighted by Crippen LogP contribution is -2.02. The van der Waals surface area contributed by atoms with Gasteiger partial charge in [0, 0.05) is 27.6 Å². The predicted molar refractivity (Wildman–Crippen MR) is 76.6 cm³/mol. The Kier molecular flexibility index (Phi) is 2.91. The summed E-state index contributed by atoms with van der Waals surface area (Å²) in [4.78, 5) is 0. The molecular weight excluding hydrogens is 288 g/mol. The maximum absolute atomic E-state index is 9.12.